The molecule has 1 fully saturated rings. The molecule has 1 aliphatic rings. The average molecular weight is 374 g/mol. The molecule has 2 rings (SSSR count). The minimum Gasteiger partial charge on any atom is -0.480 e. The monoisotopic (exact) mass is 373 g/mol. The standard InChI is InChI=1S/C17H21Cl2NO4/c18-13-7-12(8-14(19)10-13)9-15(17(22)23)20-16(21)2-1-11-3-5-24-6-4-11/h7-8,10-11,15H,1-6,9H2,(H,20,21)(H,22,23). The van der Waals surface area contributed by atoms with Gasteiger partial charge in [-0.1, -0.05) is 23.2 Å². The third-order valence-electron chi connectivity index (χ3n) is 4.12. The number of rotatable bonds is 7. The molecular formula is C17H21Cl2NO4. The van der Waals surface area contributed by atoms with Crippen LogP contribution in [0, 0.1) is 5.92 Å². The number of carbonyl (C=O) groups is 2. The highest BCUT2D eigenvalue weighted by atomic mass is 35.5. The quantitative estimate of drug-likeness (QED) is 0.768. The van der Waals surface area contributed by atoms with Crippen LogP contribution in [0.25, 0.3) is 0 Å². The van der Waals surface area contributed by atoms with E-state index in [1.807, 2.05) is 0 Å². The van der Waals surface area contributed by atoms with Gasteiger partial charge in [-0.2, -0.15) is 0 Å². The van der Waals surface area contributed by atoms with E-state index in [1.165, 1.54) is 0 Å². The van der Waals surface area contributed by atoms with Gasteiger partial charge in [0.2, 0.25) is 5.91 Å². The lowest BCUT2D eigenvalue weighted by atomic mass is 9.94. The fraction of sp³-hybridized carbons (Fsp3) is 0.529. The smallest absolute Gasteiger partial charge is 0.326 e. The number of carboxylic acid groups (broad SMARTS) is 1. The van der Waals surface area contributed by atoms with Gasteiger partial charge in [-0.15, -0.1) is 0 Å². The van der Waals surface area contributed by atoms with Gasteiger partial charge in [-0.05, 0) is 48.9 Å². The summed E-state index contributed by atoms with van der Waals surface area (Å²) in [7, 11) is 0. The van der Waals surface area contributed by atoms with Gasteiger partial charge < -0.3 is 15.2 Å². The molecule has 5 nitrogen and oxygen atoms in total. The van der Waals surface area contributed by atoms with Gasteiger partial charge in [0.25, 0.3) is 0 Å². The third-order valence-corrected chi connectivity index (χ3v) is 4.55. The summed E-state index contributed by atoms with van der Waals surface area (Å²) in [5, 5.41) is 12.8. The number of aliphatic carboxylic acids is 1. The Labute approximate surface area is 151 Å². The minimum atomic E-state index is -1.08. The molecule has 1 aromatic carbocycles. The molecule has 1 amide bonds. The van der Waals surface area contributed by atoms with Crippen LogP contribution < -0.4 is 5.32 Å². The summed E-state index contributed by atoms with van der Waals surface area (Å²) in [5.41, 5.74) is 0.671. The van der Waals surface area contributed by atoms with Crippen LogP contribution in [-0.4, -0.2) is 36.2 Å². The Morgan fingerprint density at radius 3 is 2.42 bits per heavy atom. The number of hydrogen-bond donors (Lipinski definition) is 2. The van der Waals surface area contributed by atoms with Gasteiger partial charge in [0.15, 0.2) is 0 Å². The van der Waals surface area contributed by atoms with Crippen molar-refractivity contribution in [1.29, 1.82) is 0 Å². The summed E-state index contributed by atoms with van der Waals surface area (Å²) in [6.45, 7) is 1.47. The van der Waals surface area contributed by atoms with Crippen LogP contribution in [0.3, 0.4) is 0 Å². The Morgan fingerprint density at radius 1 is 1.21 bits per heavy atom. The maximum Gasteiger partial charge on any atom is 0.326 e. The van der Waals surface area contributed by atoms with Gasteiger partial charge in [0.1, 0.15) is 6.04 Å². The molecule has 0 radical (unpaired) electrons. The van der Waals surface area contributed by atoms with Crippen molar-refractivity contribution in [3.63, 3.8) is 0 Å². The second-order valence-corrected chi connectivity index (χ2v) is 6.91. The van der Waals surface area contributed by atoms with Gasteiger partial charge in [-0.25, -0.2) is 4.79 Å². The van der Waals surface area contributed by atoms with Crippen LogP contribution in [0.4, 0.5) is 0 Å². The molecule has 0 spiro atoms. The van der Waals surface area contributed by atoms with E-state index in [-0.39, 0.29) is 12.3 Å². The number of nitrogens with one attached hydrogen (secondary N) is 1. The molecule has 1 saturated heterocycles. The summed E-state index contributed by atoms with van der Waals surface area (Å²) in [5.74, 6) is -0.855. The van der Waals surface area contributed by atoms with E-state index >= 15 is 0 Å². The van der Waals surface area contributed by atoms with Crippen molar-refractivity contribution in [2.24, 2.45) is 5.92 Å². The lowest BCUT2D eigenvalue weighted by molar-refractivity contribution is -0.141. The Morgan fingerprint density at radius 2 is 1.83 bits per heavy atom. The van der Waals surface area contributed by atoms with Crippen molar-refractivity contribution in [2.45, 2.75) is 38.1 Å². The molecule has 1 aliphatic heterocycles. The van der Waals surface area contributed by atoms with E-state index in [0.717, 1.165) is 32.5 Å². The molecule has 0 aliphatic carbocycles. The third kappa shape index (κ3) is 6.30. The first-order chi connectivity index (χ1) is 11.4. The Bertz CT molecular complexity index is 568. The van der Waals surface area contributed by atoms with Crippen LogP contribution >= 0.6 is 23.2 Å². The largest absolute Gasteiger partial charge is 0.480 e. The molecular weight excluding hydrogens is 353 g/mol. The summed E-state index contributed by atoms with van der Waals surface area (Å²) >= 11 is 11.9. The number of carbonyl (C=O) groups excluding carboxylic acids is 1. The molecule has 2 N–H and O–H groups in total. The number of amides is 1. The van der Waals surface area contributed by atoms with Crippen molar-refractivity contribution in [1.82, 2.24) is 5.32 Å². The fourth-order valence-electron chi connectivity index (χ4n) is 2.80. The summed E-state index contributed by atoms with van der Waals surface area (Å²) in [6.07, 6.45) is 3.13. The van der Waals surface area contributed by atoms with Crippen molar-refractivity contribution in [2.75, 3.05) is 13.2 Å². The van der Waals surface area contributed by atoms with E-state index in [4.69, 9.17) is 27.9 Å². The van der Waals surface area contributed by atoms with E-state index in [2.05, 4.69) is 5.32 Å². The van der Waals surface area contributed by atoms with Gasteiger partial charge in [0.05, 0.1) is 0 Å². The summed E-state index contributed by atoms with van der Waals surface area (Å²) in [4.78, 5) is 23.5. The maximum absolute atomic E-state index is 12.1. The molecule has 132 valence electrons. The number of carboxylic acids is 1. The van der Waals surface area contributed by atoms with Crippen molar-refractivity contribution in [3.8, 4) is 0 Å². The molecule has 0 saturated carbocycles. The lowest BCUT2D eigenvalue weighted by Crippen LogP contribution is -2.42. The van der Waals surface area contributed by atoms with Crippen molar-refractivity contribution in [3.05, 3.63) is 33.8 Å². The molecule has 24 heavy (non-hydrogen) atoms. The lowest BCUT2D eigenvalue weighted by Gasteiger charge is -2.22. The predicted octanol–water partition coefficient (Wildman–Crippen LogP) is 3.31. The normalized spacial score (nSPS) is 16.6. The molecule has 7 heteroatoms. The highest BCUT2D eigenvalue weighted by Crippen LogP contribution is 2.21. The molecule has 0 bridgehead atoms. The second kappa shape index (κ2) is 9.25. The first-order valence-electron chi connectivity index (χ1n) is 7.99. The highest BCUT2D eigenvalue weighted by molar-refractivity contribution is 6.34. The highest BCUT2D eigenvalue weighted by Gasteiger charge is 2.22. The fourth-order valence-corrected chi connectivity index (χ4v) is 3.37. The SMILES string of the molecule is O=C(CCC1CCOCC1)NC(Cc1cc(Cl)cc(Cl)c1)C(=O)O. The molecule has 1 heterocycles. The van der Waals surface area contributed by atoms with Crippen molar-refractivity contribution < 1.29 is 19.4 Å². The van der Waals surface area contributed by atoms with E-state index in [1.54, 1.807) is 18.2 Å². The number of ether oxygens (including phenoxy) is 1. The van der Waals surface area contributed by atoms with Crippen LogP contribution in [0.2, 0.25) is 10.0 Å². The zero-order valence-electron chi connectivity index (χ0n) is 13.3. The van der Waals surface area contributed by atoms with Crippen LogP contribution in [0.5, 0.6) is 0 Å². The second-order valence-electron chi connectivity index (χ2n) is 6.03. The molecule has 0 aromatic heterocycles. The Kier molecular flexibility index (Phi) is 7.34. The van der Waals surface area contributed by atoms with Crippen LogP contribution in [0.15, 0.2) is 18.2 Å². The number of hydrogen-bond acceptors (Lipinski definition) is 3. The molecule has 1 aromatic rings. The van der Waals surface area contributed by atoms with Gasteiger partial charge >= 0.3 is 5.97 Å². The maximum atomic E-state index is 12.1. The Hall–Kier alpha value is -1.30. The predicted molar refractivity (Wildman–Crippen MR) is 92.5 cm³/mol. The molecule has 1 unspecified atom stereocenters. The van der Waals surface area contributed by atoms with Crippen LogP contribution in [0.1, 0.15) is 31.2 Å². The van der Waals surface area contributed by atoms with Gasteiger partial charge in [0, 0.05) is 36.1 Å². The summed E-state index contributed by atoms with van der Waals surface area (Å²) < 4.78 is 5.29. The topological polar surface area (TPSA) is 75.6 Å². The average Bonchev–Trinajstić information content (AvgIpc) is 2.52. The summed E-state index contributed by atoms with van der Waals surface area (Å²) in [6, 6.07) is 3.88. The van der Waals surface area contributed by atoms with Crippen molar-refractivity contribution >= 4 is 35.1 Å². The van der Waals surface area contributed by atoms with Gasteiger partial charge in [-0.3, -0.25) is 4.79 Å². The molecule has 1 atom stereocenters. The van der Waals surface area contributed by atoms with E-state index in [9.17, 15) is 14.7 Å². The minimum absolute atomic E-state index is 0.138. The van der Waals surface area contributed by atoms with E-state index in [0.29, 0.717) is 27.9 Å². The zero-order valence-corrected chi connectivity index (χ0v) is 14.8. The van der Waals surface area contributed by atoms with E-state index < -0.39 is 12.0 Å². The zero-order chi connectivity index (χ0) is 17.5. The number of benzene rings is 1. The first-order valence-corrected chi connectivity index (χ1v) is 8.74. The first kappa shape index (κ1) is 19.0. The Balaban J connectivity index is 1.87. The number of halogens is 2. The van der Waals surface area contributed by atoms with Crippen LogP contribution in [-0.2, 0) is 20.7 Å².